The van der Waals surface area contributed by atoms with Gasteiger partial charge < -0.3 is 21.1 Å². The van der Waals surface area contributed by atoms with Gasteiger partial charge in [-0.2, -0.15) is 0 Å². The number of ether oxygens (including phenoxy) is 1. The number of hydrogen-bond acceptors (Lipinski definition) is 4. The van der Waals surface area contributed by atoms with Gasteiger partial charge in [0.1, 0.15) is 5.75 Å². The fourth-order valence-corrected chi connectivity index (χ4v) is 2.54. The third kappa shape index (κ3) is 6.46. The van der Waals surface area contributed by atoms with E-state index in [1.807, 2.05) is 0 Å². The fraction of sp³-hybridized carbons (Fsp3) is 0.500. The van der Waals surface area contributed by atoms with E-state index in [2.05, 4.69) is 17.6 Å². The number of halogens is 1. The van der Waals surface area contributed by atoms with Crippen molar-refractivity contribution >= 4 is 24.2 Å². The molecular weight excluding hydrogens is 318 g/mol. The average Bonchev–Trinajstić information content (AvgIpc) is 2.47. The van der Waals surface area contributed by atoms with Gasteiger partial charge in [-0.15, -0.1) is 12.4 Å². The molecule has 23 heavy (non-hydrogen) atoms. The highest BCUT2D eigenvalue weighted by atomic mass is 35.5. The molecule has 1 aromatic rings. The average molecular weight is 342 g/mol. The first kappa shape index (κ1) is 19.3. The van der Waals surface area contributed by atoms with Gasteiger partial charge in [-0.3, -0.25) is 9.59 Å². The van der Waals surface area contributed by atoms with Gasteiger partial charge in [-0.05, 0) is 50.6 Å². The molecule has 1 aliphatic rings. The number of carbonyl (C=O) groups excluding carboxylic acids is 2. The van der Waals surface area contributed by atoms with Crippen LogP contribution in [0.25, 0.3) is 0 Å². The van der Waals surface area contributed by atoms with Crippen molar-refractivity contribution in [3.8, 4) is 5.75 Å². The van der Waals surface area contributed by atoms with E-state index < -0.39 is 5.91 Å². The first-order chi connectivity index (χ1) is 10.5. The van der Waals surface area contributed by atoms with Crippen molar-refractivity contribution in [3.63, 3.8) is 0 Å². The Hall–Kier alpha value is -1.79. The lowest BCUT2D eigenvalue weighted by atomic mass is 10.0. The highest BCUT2D eigenvalue weighted by Crippen LogP contribution is 2.12. The number of amides is 2. The SMILES string of the molecule is CC1CC(NC(=O)CCOc2ccc(C(N)=O)cc2)CCN1.Cl. The second-order valence-corrected chi connectivity index (χ2v) is 5.63. The lowest BCUT2D eigenvalue weighted by Gasteiger charge is -2.28. The fourth-order valence-electron chi connectivity index (χ4n) is 2.54. The van der Waals surface area contributed by atoms with Gasteiger partial charge in [0.2, 0.25) is 11.8 Å². The molecule has 1 aliphatic heterocycles. The summed E-state index contributed by atoms with van der Waals surface area (Å²) in [7, 11) is 0. The maximum atomic E-state index is 11.9. The summed E-state index contributed by atoms with van der Waals surface area (Å²) in [5.74, 6) is 0.156. The number of benzene rings is 1. The molecule has 0 aliphatic carbocycles. The molecule has 6 nitrogen and oxygen atoms in total. The largest absolute Gasteiger partial charge is 0.493 e. The number of piperidine rings is 1. The smallest absolute Gasteiger partial charge is 0.248 e. The number of hydrogen-bond donors (Lipinski definition) is 3. The molecule has 1 saturated heterocycles. The van der Waals surface area contributed by atoms with E-state index in [1.165, 1.54) is 0 Å². The quantitative estimate of drug-likeness (QED) is 0.725. The van der Waals surface area contributed by atoms with Crippen molar-refractivity contribution in [1.82, 2.24) is 10.6 Å². The number of nitrogens with two attached hydrogens (primary N) is 1. The van der Waals surface area contributed by atoms with E-state index >= 15 is 0 Å². The maximum Gasteiger partial charge on any atom is 0.248 e. The molecule has 0 radical (unpaired) electrons. The van der Waals surface area contributed by atoms with Crippen molar-refractivity contribution in [1.29, 1.82) is 0 Å². The standard InChI is InChI=1S/C16H23N3O3.ClH/c1-11-10-13(6-8-18-11)19-15(20)7-9-22-14-4-2-12(3-5-14)16(17)21;/h2-5,11,13,18H,6-10H2,1H3,(H2,17,21)(H,19,20);1H. The molecule has 2 unspecified atom stereocenters. The highest BCUT2D eigenvalue weighted by molar-refractivity contribution is 5.92. The molecule has 1 heterocycles. The molecule has 0 bridgehead atoms. The van der Waals surface area contributed by atoms with Crippen LogP contribution in [0.1, 0.15) is 36.5 Å². The summed E-state index contributed by atoms with van der Waals surface area (Å²) in [6.45, 7) is 3.37. The molecular formula is C16H24ClN3O3. The summed E-state index contributed by atoms with van der Waals surface area (Å²) >= 11 is 0. The van der Waals surface area contributed by atoms with Crippen LogP contribution in [0, 0.1) is 0 Å². The topological polar surface area (TPSA) is 93.4 Å². The Morgan fingerprint density at radius 3 is 2.65 bits per heavy atom. The molecule has 2 amide bonds. The van der Waals surface area contributed by atoms with E-state index in [1.54, 1.807) is 24.3 Å². The van der Waals surface area contributed by atoms with Gasteiger partial charge >= 0.3 is 0 Å². The highest BCUT2D eigenvalue weighted by Gasteiger charge is 2.19. The predicted molar refractivity (Wildman–Crippen MR) is 90.9 cm³/mol. The lowest BCUT2D eigenvalue weighted by molar-refractivity contribution is -0.122. The summed E-state index contributed by atoms with van der Waals surface area (Å²) in [6.07, 6.45) is 2.24. The predicted octanol–water partition coefficient (Wildman–Crippen LogP) is 1.23. The van der Waals surface area contributed by atoms with Crippen LogP contribution in [-0.2, 0) is 4.79 Å². The zero-order chi connectivity index (χ0) is 15.9. The summed E-state index contributed by atoms with van der Waals surface area (Å²) in [4.78, 5) is 22.8. The third-order valence-corrected chi connectivity index (χ3v) is 3.73. The zero-order valence-electron chi connectivity index (χ0n) is 13.2. The normalized spacial score (nSPS) is 20.2. The van der Waals surface area contributed by atoms with Crippen molar-refractivity contribution in [2.45, 2.75) is 38.3 Å². The Morgan fingerprint density at radius 1 is 1.35 bits per heavy atom. The van der Waals surface area contributed by atoms with Gasteiger partial charge in [0, 0.05) is 17.6 Å². The second-order valence-electron chi connectivity index (χ2n) is 5.63. The summed E-state index contributed by atoms with van der Waals surface area (Å²) in [5, 5.41) is 6.39. The van der Waals surface area contributed by atoms with Crippen molar-refractivity contribution in [3.05, 3.63) is 29.8 Å². The van der Waals surface area contributed by atoms with Crippen LogP contribution in [0.4, 0.5) is 0 Å². The van der Waals surface area contributed by atoms with E-state index in [9.17, 15) is 9.59 Å². The minimum absolute atomic E-state index is 0. The molecule has 0 spiro atoms. The molecule has 7 heteroatoms. The van der Waals surface area contributed by atoms with Gasteiger partial charge in [-0.25, -0.2) is 0 Å². The Balaban J connectivity index is 0.00000264. The number of rotatable bonds is 6. The molecule has 0 aromatic heterocycles. The summed E-state index contributed by atoms with van der Waals surface area (Å²) < 4.78 is 5.50. The Morgan fingerprint density at radius 2 is 2.04 bits per heavy atom. The molecule has 128 valence electrons. The Kier molecular flexibility index (Phi) is 7.85. The molecule has 0 saturated carbocycles. The van der Waals surface area contributed by atoms with Gasteiger partial charge in [0.25, 0.3) is 0 Å². The minimum Gasteiger partial charge on any atom is -0.493 e. The molecule has 1 aromatic carbocycles. The van der Waals surface area contributed by atoms with Crippen LogP contribution in [0.3, 0.4) is 0 Å². The van der Waals surface area contributed by atoms with Crippen molar-refractivity contribution in [2.75, 3.05) is 13.2 Å². The Bertz CT molecular complexity index is 522. The lowest BCUT2D eigenvalue weighted by Crippen LogP contribution is -2.46. The van der Waals surface area contributed by atoms with Crippen molar-refractivity contribution < 1.29 is 14.3 Å². The van der Waals surface area contributed by atoms with Crippen LogP contribution in [0.5, 0.6) is 5.75 Å². The molecule has 1 fully saturated rings. The summed E-state index contributed by atoms with van der Waals surface area (Å²) in [5.41, 5.74) is 5.60. The monoisotopic (exact) mass is 341 g/mol. The summed E-state index contributed by atoms with van der Waals surface area (Å²) in [6, 6.07) is 7.25. The van der Waals surface area contributed by atoms with Crippen LogP contribution in [0.2, 0.25) is 0 Å². The number of nitrogens with one attached hydrogen (secondary N) is 2. The Labute approximate surface area is 142 Å². The first-order valence-corrected chi connectivity index (χ1v) is 7.60. The first-order valence-electron chi connectivity index (χ1n) is 7.60. The van der Waals surface area contributed by atoms with E-state index in [0.29, 0.717) is 30.4 Å². The molecule has 2 rings (SSSR count). The van der Waals surface area contributed by atoms with Crippen LogP contribution >= 0.6 is 12.4 Å². The zero-order valence-corrected chi connectivity index (χ0v) is 14.0. The van der Waals surface area contributed by atoms with Crippen LogP contribution in [0.15, 0.2) is 24.3 Å². The second kappa shape index (κ2) is 9.37. The van der Waals surface area contributed by atoms with Gasteiger partial charge in [0.15, 0.2) is 0 Å². The number of primary amides is 1. The van der Waals surface area contributed by atoms with E-state index in [4.69, 9.17) is 10.5 Å². The third-order valence-electron chi connectivity index (χ3n) is 3.73. The van der Waals surface area contributed by atoms with Crippen LogP contribution < -0.4 is 21.1 Å². The van der Waals surface area contributed by atoms with Gasteiger partial charge in [0.05, 0.1) is 13.0 Å². The van der Waals surface area contributed by atoms with E-state index in [0.717, 1.165) is 19.4 Å². The molecule has 2 atom stereocenters. The maximum absolute atomic E-state index is 11.9. The van der Waals surface area contributed by atoms with E-state index in [-0.39, 0.29) is 24.4 Å². The van der Waals surface area contributed by atoms with Crippen molar-refractivity contribution in [2.24, 2.45) is 5.73 Å². The number of carbonyl (C=O) groups is 2. The minimum atomic E-state index is -0.470. The van der Waals surface area contributed by atoms with Crippen LogP contribution in [-0.4, -0.2) is 37.0 Å². The van der Waals surface area contributed by atoms with Gasteiger partial charge in [-0.1, -0.05) is 0 Å². The molecule has 4 N–H and O–H groups in total.